The van der Waals surface area contributed by atoms with Gasteiger partial charge in [0.1, 0.15) is 18.5 Å². The summed E-state index contributed by atoms with van der Waals surface area (Å²) in [6, 6.07) is 3.51. The average Bonchev–Trinajstić information content (AvgIpc) is 2.96. The first kappa shape index (κ1) is 14.7. The lowest BCUT2D eigenvalue weighted by atomic mass is 9.80. The number of aromatic nitrogens is 3. The lowest BCUT2D eigenvalue weighted by Crippen LogP contribution is -2.45. The Morgan fingerprint density at radius 1 is 1.32 bits per heavy atom. The van der Waals surface area contributed by atoms with Crippen molar-refractivity contribution in [1.82, 2.24) is 14.9 Å². The Balaban J connectivity index is 2.01. The number of anilines is 1. The smallest absolute Gasteiger partial charge is 0.141 e. The van der Waals surface area contributed by atoms with Crippen LogP contribution in [0, 0.1) is 5.82 Å². The van der Waals surface area contributed by atoms with Gasteiger partial charge in [-0.3, -0.25) is 0 Å². The maximum atomic E-state index is 14.4. The summed E-state index contributed by atoms with van der Waals surface area (Å²) in [6.45, 7) is 6.56. The maximum Gasteiger partial charge on any atom is 0.141 e. The zero-order valence-corrected chi connectivity index (χ0v) is 13.3. The number of rotatable bonds is 2. The predicted molar refractivity (Wildman–Crippen MR) is 84.9 cm³/mol. The molecule has 0 spiro atoms. The van der Waals surface area contributed by atoms with Gasteiger partial charge in [0.15, 0.2) is 0 Å². The molecule has 1 aliphatic rings. The molecule has 116 valence electrons. The standard InChI is InChI=1S/C16H20FN5/c1-11-7-16(2,3)21(4)15-6-14(17)12(5-13(11)15)8-20-22-9-18-19-10-22/h5-6,8-11H,7H2,1-4H3/b20-8-. The van der Waals surface area contributed by atoms with E-state index in [4.69, 9.17) is 0 Å². The van der Waals surface area contributed by atoms with E-state index in [1.807, 2.05) is 13.1 Å². The van der Waals surface area contributed by atoms with Gasteiger partial charge in [0, 0.05) is 23.8 Å². The number of hydrogen-bond acceptors (Lipinski definition) is 4. The molecule has 3 rings (SSSR count). The normalized spacial score (nSPS) is 20.4. The van der Waals surface area contributed by atoms with Crippen molar-refractivity contribution in [2.75, 3.05) is 11.9 Å². The first-order chi connectivity index (χ1) is 10.4. The van der Waals surface area contributed by atoms with Crippen LogP contribution in [-0.2, 0) is 0 Å². The minimum absolute atomic E-state index is 0.0247. The zero-order chi connectivity index (χ0) is 15.9. The Bertz CT molecular complexity index is 706. The van der Waals surface area contributed by atoms with Gasteiger partial charge in [-0.1, -0.05) is 6.92 Å². The van der Waals surface area contributed by atoms with Crippen LogP contribution in [0.4, 0.5) is 10.1 Å². The van der Waals surface area contributed by atoms with Crippen LogP contribution >= 0.6 is 0 Å². The van der Waals surface area contributed by atoms with E-state index in [1.165, 1.54) is 23.5 Å². The van der Waals surface area contributed by atoms with E-state index in [-0.39, 0.29) is 11.4 Å². The van der Waals surface area contributed by atoms with Crippen LogP contribution in [0.25, 0.3) is 0 Å². The van der Waals surface area contributed by atoms with Gasteiger partial charge in [0.25, 0.3) is 0 Å². The Morgan fingerprint density at radius 3 is 2.68 bits per heavy atom. The third-order valence-electron chi connectivity index (χ3n) is 4.49. The molecule has 0 aliphatic carbocycles. The topological polar surface area (TPSA) is 46.3 Å². The van der Waals surface area contributed by atoms with Gasteiger partial charge < -0.3 is 4.90 Å². The molecule has 0 fully saturated rings. The van der Waals surface area contributed by atoms with Gasteiger partial charge in [-0.05, 0) is 43.9 Å². The van der Waals surface area contributed by atoms with Crippen LogP contribution in [0.1, 0.15) is 44.2 Å². The van der Waals surface area contributed by atoms with Crippen molar-refractivity contribution in [3.05, 3.63) is 41.7 Å². The molecule has 2 heterocycles. The quantitative estimate of drug-likeness (QED) is 0.801. The fourth-order valence-corrected chi connectivity index (χ4v) is 3.09. The molecule has 5 nitrogen and oxygen atoms in total. The molecule has 0 N–H and O–H groups in total. The summed E-state index contributed by atoms with van der Waals surface area (Å²) in [5, 5.41) is 11.5. The van der Waals surface area contributed by atoms with Crippen molar-refractivity contribution in [3.63, 3.8) is 0 Å². The van der Waals surface area contributed by atoms with Crippen molar-refractivity contribution >= 4 is 11.9 Å². The first-order valence-electron chi connectivity index (χ1n) is 7.35. The number of fused-ring (bicyclic) bond motifs is 1. The fraction of sp³-hybridized carbons (Fsp3) is 0.438. The number of hydrogen-bond donors (Lipinski definition) is 0. The molecule has 0 radical (unpaired) electrons. The van der Waals surface area contributed by atoms with Crippen molar-refractivity contribution in [2.45, 2.75) is 38.6 Å². The van der Waals surface area contributed by atoms with E-state index in [0.717, 1.165) is 17.7 Å². The van der Waals surface area contributed by atoms with E-state index in [9.17, 15) is 4.39 Å². The summed E-state index contributed by atoms with van der Waals surface area (Å²) in [5.74, 6) is 0.108. The second kappa shape index (κ2) is 5.19. The second-order valence-corrected chi connectivity index (χ2v) is 6.50. The summed E-state index contributed by atoms with van der Waals surface area (Å²) in [7, 11) is 2.02. The van der Waals surface area contributed by atoms with Gasteiger partial charge in [0.2, 0.25) is 0 Å². The summed E-state index contributed by atoms with van der Waals surface area (Å²) >= 11 is 0. The van der Waals surface area contributed by atoms with Crippen LogP contribution in [0.15, 0.2) is 29.9 Å². The minimum Gasteiger partial charge on any atom is -0.369 e. The Hall–Kier alpha value is -2.24. The van der Waals surface area contributed by atoms with E-state index >= 15 is 0 Å². The fourth-order valence-electron chi connectivity index (χ4n) is 3.09. The summed E-state index contributed by atoms with van der Waals surface area (Å²) in [5.41, 5.74) is 2.63. The van der Waals surface area contributed by atoms with Gasteiger partial charge in [-0.15, -0.1) is 10.2 Å². The van der Waals surface area contributed by atoms with Crippen LogP contribution in [0.2, 0.25) is 0 Å². The van der Waals surface area contributed by atoms with E-state index < -0.39 is 0 Å². The van der Waals surface area contributed by atoms with Gasteiger partial charge in [-0.25, -0.2) is 9.07 Å². The molecule has 22 heavy (non-hydrogen) atoms. The summed E-state index contributed by atoms with van der Waals surface area (Å²) < 4.78 is 15.8. The van der Waals surface area contributed by atoms with Gasteiger partial charge >= 0.3 is 0 Å². The van der Waals surface area contributed by atoms with Crippen molar-refractivity contribution in [1.29, 1.82) is 0 Å². The van der Waals surface area contributed by atoms with E-state index in [0.29, 0.717) is 11.5 Å². The highest BCUT2D eigenvalue weighted by Gasteiger charge is 2.34. The first-order valence-corrected chi connectivity index (χ1v) is 7.35. The highest BCUT2D eigenvalue weighted by Crippen LogP contribution is 2.43. The molecule has 1 unspecified atom stereocenters. The molecule has 1 aliphatic heterocycles. The largest absolute Gasteiger partial charge is 0.369 e. The molecule has 6 heteroatoms. The van der Waals surface area contributed by atoms with E-state index in [2.05, 4.69) is 41.0 Å². The molecule has 0 saturated heterocycles. The van der Waals surface area contributed by atoms with Crippen molar-refractivity contribution < 1.29 is 4.39 Å². The number of nitrogens with zero attached hydrogens (tertiary/aromatic N) is 5. The van der Waals surface area contributed by atoms with Crippen LogP contribution in [0.5, 0.6) is 0 Å². The highest BCUT2D eigenvalue weighted by molar-refractivity contribution is 5.82. The minimum atomic E-state index is -0.271. The summed E-state index contributed by atoms with van der Waals surface area (Å²) in [4.78, 5) is 2.16. The lowest BCUT2D eigenvalue weighted by Gasteiger charge is -2.45. The van der Waals surface area contributed by atoms with Crippen molar-refractivity contribution in [3.8, 4) is 0 Å². The molecule has 1 aromatic heterocycles. The number of halogens is 1. The van der Waals surface area contributed by atoms with Gasteiger partial charge in [0.05, 0.1) is 6.21 Å². The lowest BCUT2D eigenvalue weighted by molar-refractivity contribution is 0.394. The molecule has 0 saturated carbocycles. The molecule has 1 aromatic carbocycles. The molecular weight excluding hydrogens is 281 g/mol. The molecule has 2 aromatic rings. The molecule has 0 bridgehead atoms. The van der Waals surface area contributed by atoms with E-state index in [1.54, 1.807) is 6.07 Å². The van der Waals surface area contributed by atoms with Crippen molar-refractivity contribution in [2.24, 2.45) is 5.10 Å². The van der Waals surface area contributed by atoms with Crippen LogP contribution in [-0.4, -0.2) is 33.7 Å². The number of benzene rings is 1. The monoisotopic (exact) mass is 301 g/mol. The average molecular weight is 301 g/mol. The zero-order valence-electron chi connectivity index (χ0n) is 13.3. The predicted octanol–water partition coefficient (Wildman–Crippen LogP) is 3.02. The molecule has 1 atom stereocenters. The van der Waals surface area contributed by atoms with Crippen LogP contribution in [0.3, 0.4) is 0 Å². The highest BCUT2D eigenvalue weighted by atomic mass is 19.1. The summed E-state index contributed by atoms with van der Waals surface area (Å²) in [6.07, 6.45) is 5.47. The molecule has 0 amide bonds. The third kappa shape index (κ3) is 2.49. The third-order valence-corrected chi connectivity index (χ3v) is 4.49. The van der Waals surface area contributed by atoms with Crippen LogP contribution < -0.4 is 4.90 Å². The Morgan fingerprint density at radius 2 is 2.00 bits per heavy atom. The second-order valence-electron chi connectivity index (χ2n) is 6.50. The Labute approximate surface area is 129 Å². The van der Waals surface area contributed by atoms with Gasteiger partial charge in [-0.2, -0.15) is 5.10 Å². The maximum absolute atomic E-state index is 14.4. The SMILES string of the molecule is CC1CC(C)(C)N(C)c2cc(F)c(/C=N\n3cnnc3)cc21. The Kier molecular flexibility index (Phi) is 3.47. The molecular formula is C16H20FN5.